The van der Waals surface area contributed by atoms with Crippen LogP contribution in [0.5, 0.6) is 0 Å². The van der Waals surface area contributed by atoms with Crippen LogP contribution in [0, 0.1) is 17.3 Å². The molecule has 1 aliphatic rings. The Morgan fingerprint density at radius 3 is 2.40 bits per heavy atom. The molecule has 1 aliphatic heterocycles. The van der Waals surface area contributed by atoms with Crippen molar-refractivity contribution < 1.29 is 4.74 Å². The Bertz CT molecular complexity index is 171. The second-order valence-electron chi connectivity index (χ2n) is 5.90. The third-order valence-corrected chi connectivity index (χ3v) is 3.46. The van der Waals surface area contributed by atoms with Crippen molar-refractivity contribution in [2.24, 2.45) is 17.3 Å². The molecule has 1 fully saturated rings. The van der Waals surface area contributed by atoms with E-state index in [-0.39, 0.29) is 0 Å². The van der Waals surface area contributed by atoms with Crippen LogP contribution in [-0.4, -0.2) is 26.3 Å². The second-order valence-corrected chi connectivity index (χ2v) is 5.90. The van der Waals surface area contributed by atoms with Gasteiger partial charge in [-0.05, 0) is 36.6 Å². The summed E-state index contributed by atoms with van der Waals surface area (Å²) >= 11 is 0. The number of rotatable bonds is 5. The predicted octanol–water partition coefficient (Wildman–Crippen LogP) is 2.68. The molecule has 0 radical (unpaired) electrons. The summed E-state index contributed by atoms with van der Waals surface area (Å²) in [4.78, 5) is 0. The monoisotopic (exact) mass is 213 g/mol. The average molecular weight is 213 g/mol. The van der Waals surface area contributed by atoms with Crippen molar-refractivity contribution in [1.82, 2.24) is 5.32 Å². The minimum absolute atomic E-state index is 0.415. The highest BCUT2D eigenvalue weighted by Gasteiger charge is 2.30. The molecule has 1 heterocycles. The largest absolute Gasteiger partial charge is 0.381 e. The van der Waals surface area contributed by atoms with Gasteiger partial charge in [0.25, 0.3) is 0 Å². The van der Waals surface area contributed by atoms with Crippen molar-refractivity contribution in [2.75, 3.05) is 26.3 Å². The number of nitrogens with one attached hydrogen (secondary N) is 1. The van der Waals surface area contributed by atoms with Crippen LogP contribution in [0.1, 0.15) is 40.5 Å². The first-order valence-electron chi connectivity index (χ1n) is 6.31. The summed E-state index contributed by atoms with van der Waals surface area (Å²) in [6.45, 7) is 13.5. The van der Waals surface area contributed by atoms with Crippen molar-refractivity contribution in [1.29, 1.82) is 0 Å². The Balaban J connectivity index is 2.29. The maximum Gasteiger partial charge on any atom is 0.0468 e. The van der Waals surface area contributed by atoms with Gasteiger partial charge in [-0.25, -0.2) is 0 Å². The third-order valence-electron chi connectivity index (χ3n) is 3.46. The van der Waals surface area contributed by atoms with Gasteiger partial charge in [0.05, 0.1) is 0 Å². The quantitative estimate of drug-likeness (QED) is 0.758. The van der Waals surface area contributed by atoms with Gasteiger partial charge in [-0.1, -0.05) is 27.7 Å². The van der Waals surface area contributed by atoms with Crippen molar-refractivity contribution in [3.63, 3.8) is 0 Å². The molecule has 2 nitrogen and oxygen atoms in total. The van der Waals surface area contributed by atoms with Crippen LogP contribution >= 0.6 is 0 Å². The highest BCUT2D eigenvalue weighted by molar-refractivity contribution is 4.82. The van der Waals surface area contributed by atoms with Gasteiger partial charge in [-0.2, -0.15) is 0 Å². The first-order chi connectivity index (χ1) is 7.02. The van der Waals surface area contributed by atoms with Gasteiger partial charge in [-0.15, -0.1) is 0 Å². The molecule has 1 N–H and O–H groups in total. The van der Waals surface area contributed by atoms with Crippen molar-refractivity contribution >= 4 is 0 Å². The van der Waals surface area contributed by atoms with Crippen LogP contribution in [0.2, 0.25) is 0 Å². The van der Waals surface area contributed by atoms with Gasteiger partial charge in [0.2, 0.25) is 0 Å². The first kappa shape index (κ1) is 13.0. The van der Waals surface area contributed by atoms with Gasteiger partial charge >= 0.3 is 0 Å². The second kappa shape index (κ2) is 5.86. The van der Waals surface area contributed by atoms with Crippen LogP contribution < -0.4 is 5.32 Å². The molecule has 0 saturated carbocycles. The van der Waals surface area contributed by atoms with Crippen LogP contribution in [0.15, 0.2) is 0 Å². The van der Waals surface area contributed by atoms with E-state index in [0.29, 0.717) is 5.41 Å². The van der Waals surface area contributed by atoms with Gasteiger partial charge < -0.3 is 10.1 Å². The summed E-state index contributed by atoms with van der Waals surface area (Å²) in [5.74, 6) is 1.57. The zero-order chi connectivity index (χ0) is 11.3. The topological polar surface area (TPSA) is 21.3 Å². The maximum absolute atomic E-state index is 5.42. The fourth-order valence-electron chi connectivity index (χ4n) is 2.31. The molecule has 0 aromatic heterocycles. The fraction of sp³-hybridized carbons (Fsp3) is 1.00. The van der Waals surface area contributed by atoms with Crippen molar-refractivity contribution in [3.8, 4) is 0 Å². The molecule has 0 aliphatic carbocycles. The number of hydrogen-bond acceptors (Lipinski definition) is 2. The fourth-order valence-corrected chi connectivity index (χ4v) is 2.31. The minimum atomic E-state index is 0.415. The SMILES string of the molecule is CC(C)CNCC(C)(C)C1CCOCC1. The van der Waals surface area contributed by atoms with Crippen LogP contribution in [0.3, 0.4) is 0 Å². The van der Waals surface area contributed by atoms with E-state index in [1.807, 2.05) is 0 Å². The molecular formula is C13H27NO. The Hall–Kier alpha value is -0.0800. The zero-order valence-corrected chi connectivity index (χ0v) is 10.8. The summed E-state index contributed by atoms with van der Waals surface area (Å²) in [5, 5.41) is 3.58. The number of ether oxygens (including phenoxy) is 1. The molecule has 0 aromatic carbocycles. The molecule has 15 heavy (non-hydrogen) atoms. The molecule has 0 bridgehead atoms. The lowest BCUT2D eigenvalue weighted by atomic mass is 9.74. The summed E-state index contributed by atoms with van der Waals surface area (Å²) in [6, 6.07) is 0. The van der Waals surface area contributed by atoms with E-state index in [4.69, 9.17) is 4.74 Å². The summed E-state index contributed by atoms with van der Waals surface area (Å²) in [7, 11) is 0. The normalized spacial score (nSPS) is 19.8. The summed E-state index contributed by atoms with van der Waals surface area (Å²) in [6.07, 6.45) is 2.46. The standard InChI is InChI=1S/C13H27NO/c1-11(2)9-14-10-13(3,4)12-5-7-15-8-6-12/h11-12,14H,5-10H2,1-4H3. The molecular weight excluding hydrogens is 186 g/mol. The van der Waals surface area contributed by atoms with Crippen LogP contribution in [0.25, 0.3) is 0 Å². The summed E-state index contributed by atoms with van der Waals surface area (Å²) < 4.78 is 5.42. The lowest BCUT2D eigenvalue weighted by molar-refractivity contribution is 0.0227. The lowest BCUT2D eigenvalue weighted by Crippen LogP contribution is -2.39. The highest BCUT2D eigenvalue weighted by Crippen LogP contribution is 2.33. The van der Waals surface area contributed by atoms with Gasteiger partial charge in [0.1, 0.15) is 0 Å². The van der Waals surface area contributed by atoms with E-state index in [1.165, 1.54) is 12.8 Å². The summed E-state index contributed by atoms with van der Waals surface area (Å²) in [5.41, 5.74) is 0.415. The Labute approximate surface area is 94.8 Å². The van der Waals surface area contributed by atoms with E-state index in [2.05, 4.69) is 33.0 Å². The average Bonchev–Trinajstić information content (AvgIpc) is 2.18. The molecule has 1 rings (SSSR count). The van der Waals surface area contributed by atoms with E-state index in [0.717, 1.165) is 38.1 Å². The van der Waals surface area contributed by atoms with Gasteiger partial charge in [0.15, 0.2) is 0 Å². The van der Waals surface area contributed by atoms with E-state index >= 15 is 0 Å². The third kappa shape index (κ3) is 4.52. The lowest BCUT2D eigenvalue weighted by Gasteiger charge is -2.37. The molecule has 0 amide bonds. The Kier molecular flexibility index (Phi) is 5.07. The van der Waals surface area contributed by atoms with E-state index in [9.17, 15) is 0 Å². The molecule has 90 valence electrons. The van der Waals surface area contributed by atoms with Gasteiger partial charge in [-0.3, -0.25) is 0 Å². The Morgan fingerprint density at radius 2 is 1.87 bits per heavy atom. The number of hydrogen-bond donors (Lipinski definition) is 1. The zero-order valence-electron chi connectivity index (χ0n) is 10.8. The van der Waals surface area contributed by atoms with Crippen LogP contribution in [0.4, 0.5) is 0 Å². The van der Waals surface area contributed by atoms with Crippen molar-refractivity contribution in [2.45, 2.75) is 40.5 Å². The molecule has 0 aromatic rings. The highest BCUT2D eigenvalue weighted by atomic mass is 16.5. The molecule has 0 atom stereocenters. The molecule has 2 heteroatoms. The smallest absolute Gasteiger partial charge is 0.0468 e. The molecule has 0 spiro atoms. The molecule has 0 unspecified atom stereocenters. The maximum atomic E-state index is 5.42. The predicted molar refractivity (Wildman–Crippen MR) is 65.0 cm³/mol. The van der Waals surface area contributed by atoms with Gasteiger partial charge in [0, 0.05) is 19.8 Å². The molecule has 1 saturated heterocycles. The van der Waals surface area contributed by atoms with Crippen molar-refractivity contribution in [3.05, 3.63) is 0 Å². The van der Waals surface area contributed by atoms with E-state index < -0.39 is 0 Å². The van der Waals surface area contributed by atoms with E-state index in [1.54, 1.807) is 0 Å². The Morgan fingerprint density at radius 1 is 1.27 bits per heavy atom. The minimum Gasteiger partial charge on any atom is -0.381 e. The first-order valence-corrected chi connectivity index (χ1v) is 6.31. The van der Waals surface area contributed by atoms with Crippen LogP contribution in [-0.2, 0) is 4.74 Å².